The summed E-state index contributed by atoms with van der Waals surface area (Å²) in [5, 5.41) is 4.41. The van der Waals surface area contributed by atoms with E-state index >= 15 is 0 Å². The molecule has 0 unspecified atom stereocenters. The standard InChI is InChI=1S/C26H34ClN3O4S/c1-35(32,33)34-19-10-14-30(15-11-19)23-9-6-20-22(29-23)8-7-21(27)24(20)25(31)28-17-26-12-2-4-18(16-26)5-3-13-26/h6-9,18-19H,2-5,10-17H2,1H3,(H,28,31). The van der Waals surface area contributed by atoms with Crippen molar-refractivity contribution in [2.24, 2.45) is 11.3 Å². The Labute approximate surface area is 212 Å². The van der Waals surface area contributed by atoms with E-state index in [1.54, 1.807) is 6.07 Å². The van der Waals surface area contributed by atoms with Crippen LogP contribution in [0, 0.1) is 11.3 Å². The minimum atomic E-state index is -3.45. The van der Waals surface area contributed by atoms with Gasteiger partial charge < -0.3 is 10.2 Å². The van der Waals surface area contributed by atoms with Crippen LogP contribution in [0.25, 0.3) is 10.9 Å². The Bertz CT molecular complexity index is 1200. The molecule has 2 heterocycles. The molecule has 3 fully saturated rings. The Hall–Kier alpha value is -1.90. The fourth-order valence-electron chi connectivity index (χ4n) is 6.43. The number of amides is 1. The highest BCUT2D eigenvalue weighted by Gasteiger charge is 2.39. The van der Waals surface area contributed by atoms with Crippen LogP contribution in [0.3, 0.4) is 0 Å². The maximum absolute atomic E-state index is 13.3. The summed E-state index contributed by atoms with van der Waals surface area (Å²) < 4.78 is 28.0. The van der Waals surface area contributed by atoms with Crippen LogP contribution < -0.4 is 10.2 Å². The van der Waals surface area contributed by atoms with E-state index in [-0.39, 0.29) is 17.4 Å². The fourth-order valence-corrected chi connectivity index (χ4v) is 7.37. The van der Waals surface area contributed by atoms with Crippen LogP contribution in [-0.4, -0.2) is 51.3 Å². The molecule has 190 valence electrons. The predicted molar refractivity (Wildman–Crippen MR) is 138 cm³/mol. The number of halogens is 1. The molecule has 35 heavy (non-hydrogen) atoms. The lowest BCUT2D eigenvalue weighted by Crippen LogP contribution is -2.43. The van der Waals surface area contributed by atoms with E-state index in [1.165, 1.54) is 44.9 Å². The summed E-state index contributed by atoms with van der Waals surface area (Å²) in [5.74, 6) is 1.50. The third kappa shape index (κ3) is 5.59. The lowest BCUT2D eigenvalue weighted by molar-refractivity contribution is 0.0682. The van der Waals surface area contributed by atoms with Gasteiger partial charge >= 0.3 is 0 Å². The Morgan fingerprint density at radius 2 is 1.86 bits per heavy atom. The number of anilines is 1. The van der Waals surface area contributed by atoms with Gasteiger partial charge in [0.2, 0.25) is 0 Å². The van der Waals surface area contributed by atoms with Crippen molar-refractivity contribution in [1.29, 1.82) is 0 Å². The van der Waals surface area contributed by atoms with Gasteiger partial charge in [0, 0.05) is 25.0 Å². The van der Waals surface area contributed by atoms with Gasteiger partial charge in [-0.15, -0.1) is 0 Å². The smallest absolute Gasteiger partial charge is 0.264 e. The van der Waals surface area contributed by atoms with Crippen LogP contribution >= 0.6 is 11.6 Å². The maximum atomic E-state index is 13.3. The molecule has 3 aliphatic rings. The third-order valence-corrected chi connectivity index (χ3v) is 9.03. The Kier molecular flexibility index (Phi) is 6.98. The molecule has 9 heteroatoms. The number of hydrogen-bond donors (Lipinski definition) is 1. The first-order valence-electron chi connectivity index (χ1n) is 12.7. The van der Waals surface area contributed by atoms with Gasteiger partial charge in [0.25, 0.3) is 16.0 Å². The molecule has 2 saturated carbocycles. The van der Waals surface area contributed by atoms with E-state index in [0.717, 1.165) is 28.9 Å². The monoisotopic (exact) mass is 519 g/mol. The van der Waals surface area contributed by atoms with Crippen molar-refractivity contribution in [1.82, 2.24) is 10.3 Å². The molecule has 1 aliphatic heterocycles. The fraction of sp³-hybridized carbons (Fsp3) is 0.615. The van der Waals surface area contributed by atoms with Gasteiger partial charge in [-0.1, -0.05) is 37.3 Å². The molecule has 0 radical (unpaired) electrons. The molecule has 0 spiro atoms. The molecular formula is C26H34ClN3O4S. The topological polar surface area (TPSA) is 88.6 Å². The van der Waals surface area contributed by atoms with Crippen molar-refractivity contribution in [2.75, 3.05) is 30.8 Å². The molecule has 1 aromatic carbocycles. The number of aromatic nitrogens is 1. The molecule has 1 aromatic heterocycles. The number of carbonyl (C=O) groups excluding carboxylic acids is 1. The van der Waals surface area contributed by atoms with Crippen LogP contribution in [-0.2, 0) is 14.3 Å². The molecule has 1 amide bonds. The largest absolute Gasteiger partial charge is 0.356 e. The average Bonchev–Trinajstić information content (AvgIpc) is 2.82. The zero-order chi connectivity index (χ0) is 24.6. The van der Waals surface area contributed by atoms with Crippen molar-refractivity contribution in [3.05, 3.63) is 34.9 Å². The first-order chi connectivity index (χ1) is 16.7. The van der Waals surface area contributed by atoms with Gasteiger partial charge in [-0.3, -0.25) is 8.98 Å². The van der Waals surface area contributed by atoms with E-state index < -0.39 is 10.1 Å². The maximum Gasteiger partial charge on any atom is 0.264 e. The van der Waals surface area contributed by atoms with Crippen LogP contribution in [0.2, 0.25) is 5.02 Å². The number of piperidine rings is 1. The quantitative estimate of drug-likeness (QED) is 0.545. The van der Waals surface area contributed by atoms with E-state index in [4.69, 9.17) is 20.8 Å². The van der Waals surface area contributed by atoms with Crippen LogP contribution in [0.1, 0.15) is 68.1 Å². The van der Waals surface area contributed by atoms with Crippen molar-refractivity contribution < 1.29 is 17.4 Å². The second kappa shape index (κ2) is 9.87. The highest BCUT2D eigenvalue weighted by Crippen LogP contribution is 2.48. The van der Waals surface area contributed by atoms with Gasteiger partial charge in [-0.2, -0.15) is 8.42 Å². The van der Waals surface area contributed by atoms with Gasteiger partial charge in [-0.05, 0) is 67.7 Å². The second-order valence-electron chi connectivity index (χ2n) is 10.7. The summed E-state index contributed by atoms with van der Waals surface area (Å²) in [7, 11) is -3.45. The number of fused-ring (bicyclic) bond motifs is 3. The van der Waals surface area contributed by atoms with E-state index in [0.29, 0.717) is 43.1 Å². The number of benzene rings is 1. The highest BCUT2D eigenvalue weighted by atomic mass is 35.5. The minimum absolute atomic E-state index is 0.129. The third-order valence-electron chi connectivity index (χ3n) is 8.09. The van der Waals surface area contributed by atoms with Gasteiger partial charge in [0.05, 0.1) is 28.5 Å². The Morgan fingerprint density at radius 1 is 1.14 bits per heavy atom. The number of hydrogen-bond acceptors (Lipinski definition) is 6. The molecule has 7 nitrogen and oxygen atoms in total. The van der Waals surface area contributed by atoms with E-state index in [1.807, 2.05) is 18.2 Å². The van der Waals surface area contributed by atoms with Crippen molar-refractivity contribution in [3.8, 4) is 0 Å². The number of pyridine rings is 1. The lowest BCUT2D eigenvalue weighted by Gasteiger charge is -2.45. The zero-order valence-electron chi connectivity index (χ0n) is 20.3. The molecule has 5 rings (SSSR count). The lowest BCUT2D eigenvalue weighted by atomic mass is 9.62. The van der Waals surface area contributed by atoms with Crippen molar-refractivity contribution in [3.63, 3.8) is 0 Å². The summed E-state index contributed by atoms with van der Waals surface area (Å²) in [5.41, 5.74) is 1.45. The number of nitrogens with one attached hydrogen (secondary N) is 1. The van der Waals surface area contributed by atoms with Gasteiger partial charge in [0.1, 0.15) is 5.82 Å². The average molecular weight is 520 g/mol. The second-order valence-corrected chi connectivity index (χ2v) is 12.7. The van der Waals surface area contributed by atoms with E-state index in [2.05, 4.69) is 10.2 Å². The normalized spacial score (nSPS) is 25.5. The highest BCUT2D eigenvalue weighted by molar-refractivity contribution is 7.86. The molecule has 1 N–H and O–H groups in total. The Balaban J connectivity index is 1.30. The summed E-state index contributed by atoms with van der Waals surface area (Å²) in [4.78, 5) is 20.3. The van der Waals surface area contributed by atoms with Crippen molar-refractivity contribution in [2.45, 2.75) is 63.9 Å². The predicted octanol–water partition coefficient (Wildman–Crippen LogP) is 4.92. The molecular weight excluding hydrogens is 486 g/mol. The molecule has 1 saturated heterocycles. The number of carbonyl (C=O) groups is 1. The van der Waals surface area contributed by atoms with Crippen LogP contribution in [0.5, 0.6) is 0 Å². The minimum Gasteiger partial charge on any atom is -0.356 e. The van der Waals surface area contributed by atoms with Crippen molar-refractivity contribution >= 4 is 44.3 Å². The summed E-state index contributed by atoms with van der Waals surface area (Å²) in [6.45, 7) is 2.02. The first kappa shape index (κ1) is 24.8. The van der Waals surface area contributed by atoms with E-state index in [9.17, 15) is 13.2 Å². The SMILES string of the molecule is CS(=O)(=O)OC1CCN(c2ccc3c(C(=O)NCC45CCCC(CCC4)C5)c(Cl)ccc3n2)CC1. The van der Waals surface area contributed by atoms with Crippen LogP contribution in [0.4, 0.5) is 5.82 Å². The molecule has 2 aromatic rings. The first-order valence-corrected chi connectivity index (χ1v) is 14.9. The zero-order valence-corrected chi connectivity index (χ0v) is 21.8. The number of rotatable bonds is 6. The summed E-state index contributed by atoms with van der Waals surface area (Å²) >= 11 is 6.52. The summed E-state index contributed by atoms with van der Waals surface area (Å²) in [6, 6.07) is 7.44. The van der Waals surface area contributed by atoms with Gasteiger partial charge in [0.15, 0.2) is 0 Å². The van der Waals surface area contributed by atoms with Crippen LogP contribution in [0.15, 0.2) is 24.3 Å². The molecule has 0 atom stereocenters. The number of nitrogens with zero attached hydrogens (tertiary/aromatic N) is 2. The molecule has 2 bridgehead atoms. The molecule has 2 aliphatic carbocycles. The van der Waals surface area contributed by atoms with Gasteiger partial charge in [-0.25, -0.2) is 4.98 Å². The Morgan fingerprint density at radius 3 is 2.54 bits per heavy atom. The summed E-state index contributed by atoms with van der Waals surface area (Å²) in [6.07, 6.45) is 10.8.